The SMILES string of the molecule is COC1(NC2CCC2)C(C2CCCCC2)=C(C(F)(F)F)C=C(SC)C1C(N)=O. The van der Waals surface area contributed by atoms with Gasteiger partial charge in [0.2, 0.25) is 5.91 Å². The third kappa shape index (κ3) is 3.87. The van der Waals surface area contributed by atoms with E-state index in [1.807, 2.05) is 0 Å². The minimum Gasteiger partial charge on any atom is -0.369 e. The highest BCUT2D eigenvalue weighted by Crippen LogP contribution is 2.52. The molecule has 0 radical (unpaired) electrons. The number of hydrogen-bond acceptors (Lipinski definition) is 4. The highest BCUT2D eigenvalue weighted by molar-refractivity contribution is 8.02. The number of thioether (sulfide) groups is 1. The highest BCUT2D eigenvalue weighted by atomic mass is 32.2. The fourth-order valence-corrected chi connectivity index (χ4v) is 5.58. The summed E-state index contributed by atoms with van der Waals surface area (Å²) >= 11 is 1.13. The molecular formula is C20H29F3N2O2S. The smallest absolute Gasteiger partial charge is 0.369 e. The molecule has 0 aromatic heterocycles. The first-order valence-corrected chi connectivity index (χ1v) is 11.2. The van der Waals surface area contributed by atoms with Crippen LogP contribution in [0.4, 0.5) is 13.2 Å². The van der Waals surface area contributed by atoms with E-state index in [0.717, 1.165) is 56.4 Å². The molecular weight excluding hydrogens is 389 g/mol. The Balaban J connectivity index is 2.24. The van der Waals surface area contributed by atoms with Crippen LogP contribution in [-0.4, -0.2) is 37.2 Å². The number of halogens is 3. The number of hydrogen-bond donors (Lipinski definition) is 2. The summed E-state index contributed by atoms with van der Waals surface area (Å²) in [5, 5.41) is 3.33. The summed E-state index contributed by atoms with van der Waals surface area (Å²) in [7, 11) is 1.39. The van der Waals surface area contributed by atoms with Crippen molar-refractivity contribution in [2.75, 3.05) is 13.4 Å². The first-order chi connectivity index (χ1) is 13.2. The van der Waals surface area contributed by atoms with Crippen LogP contribution >= 0.6 is 11.8 Å². The Hall–Kier alpha value is -0.990. The summed E-state index contributed by atoms with van der Waals surface area (Å²) in [6.07, 6.45) is 5.11. The Morgan fingerprint density at radius 2 is 1.86 bits per heavy atom. The summed E-state index contributed by atoms with van der Waals surface area (Å²) in [6, 6.07) is 0.0241. The van der Waals surface area contributed by atoms with Gasteiger partial charge in [-0.15, -0.1) is 11.8 Å². The van der Waals surface area contributed by atoms with Crippen LogP contribution in [0.3, 0.4) is 0 Å². The van der Waals surface area contributed by atoms with Crippen LogP contribution in [0.5, 0.6) is 0 Å². The second kappa shape index (κ2) is 8.40. The van der Waals surface area contributed by atoms with Crippen molar-refractivity contribution in [3.05, 3.63) is 22.1 Å². The monoisotopic (exact) mass is 418 g/mol. The van der Waals surface area contributed by atoms with Crippen LogP contribution in [-0.2, 0) is 9.53 Å². The molecule has 0 spiro atoms. The number of ether oxygens (including phenoxy) is 1. The molecule has 2 fully saturated rings. The van der Waals surface area contributed by atoms with Crippen LogP contribution in [0, 0.1) is 11.8 Å². The highest BCUT2D eigenvalue weighted by Gasteiger charge is 2.57. The normalized spacial score (nSPS) is 30.2. The summed E-state index contributed by atoms with van der Waals surface area (Å²) in [4.78, 5) is 12.8. The Labute approximate surface area is 168 Å². The number of nitrogens with one attached hydrogen (secondary N) is 1. The van der Waals surface area contributed by atoms with Gasteiger partial charge in [0.1, 0.15) is 5.92 Å². The predicted octanol–water partition coefficient (Wildman–Crippen LogP) is 4.27. The number of amides is 1. The molecule has 0 aromatic carbocycles. The Morgan fingerprint density at radius 3 is 2.29 bits per heavy atom. The van der Waals surface area contributed by atoms with Gasteiger partial charge >= 0.3 is 6.18 Å². The summed E-state index contributed by atoms with van der Waals surface area (Å²) < 4.78 is 48.4. The van der Waals surface area contributed by atoms with Crippen LogP contribution in [0.15, 0.2) is 22.1 Å². The zero-order valence-electron chi connectivity index (χ0n) is 16.4. The molecule has 3 rings (SSSR count). The lowest BCUT2D eigenvalue weighted by molar-refractivity contribution is -0.136. The second-order valence-electron chi connectivity index (χ2n) is 7.96. The molecule has 0 heterocycles. The number of alkyl halides is 3. The molecule has 8 heteroatoms. The van der Waals surface area contributed by atoms with Gasteiger partial charge in [-0.25, -0.2) is 0 Å². The Morgan fingerprint density at radius 1 is 1.21 bits per heavy atom. The maximum atomic E-state index is 14.2. The fourth-order valence-electron chi connectivity index (χ4n) is 4.83. The topological polar surface area (TPSA) is 64.3 Å². The molecule has 3 aliphatic rings. The minimum atomic E-state index is -4.53. The van der Waals surface area contributed by atoms with Gasteiger partial charge in [0.05, 0.1) is 5.57 Å². The lowest BCUT2D eigenvalue weighted by atomic mass is 9.69. The lowest BCUT2D eigenvalue weighted by Crippen LogP contribution is -2.64. The molecule has 2 saturated carbocycles. The van der Waals surface area contributed by atoms with Gasteiger partial charge < -0.3 is 10.5 Å². The molecule has 1 amide bonds. The first-order valence-electron chi connectivity index (χ1n) is 9.94. The largest absolute Gasteiger partial charge is 0.416 e. The molecule has 0 aromatic rings. The Kier molecular flexibility index (Phi) is 6.51. The van der Waals surface area contributed by atoms with E-state index in [0.29, 0.717) is 17.7 Å². The van der Waals surface area contributed by atoms with Crippen LogP contribution in [0.25, 0.3) is 0 Å². The number of methoxy groups -OCH3 is 1. The summed E-state index contributed by atoms with van der Waals surface area (Å²) in [5.41, 5.74) is 3.71. The van der Waals surface area contributed by atoms with Crippen LogP contribution in [0.1, 0.15) is 51.4 Å². The van der Waals surface area contributed by atoms with Crippen molar-refractivity contribution in [3.8, 4) is 0 Å². The number of primary amides is 1. The van der Waals surface area contributed by atoms with E-state index in [1.54, 1.807) is 6.26 Å². The molecule has 0 saturated heterocycles. The fraction of sp³-hybridized carbons (Fsp3) is 0.750. The molecule has 2 unspecified atom stereocenters. The van der Waals surface area contributed by atoms with Gasteiger partial charge in [-0.3, -0.25) is 10.1 Å². The molecule has 28 heavy (non-hydrogen) atoms. The second-order valence-corrected chi connectivity index (χ2v) is 8.84. The van der Waals surface area contributed by atoms with Gasteiger partial charge in [-0.2, -0.15) is 13.2 Å². The van der Waals surface area contributed by atoms with Crippen molar-refractivity contribution >= 4 is 17.7 Å². The maximum Gasteiger partial charge on any atom is 0.416 e. The van der Waals surface area contributed by atoms with E-state index in [-0.39, 0.29) is 17.5 Å². The van der Waals surface area contributed by atoms with Crippen LogP contribution in [0.2, 0.25) is 0 Å². The van der Waals surface area contributed by atoms with E-state index < -0.39 is 29.3 Å². The van der Waals surface area contributed by atoms with Crippen molar-refractivity contribution in [3.63, 3.8) is 0 Å². The van der Waals surface area contributed by atoms with Crippen molar-refractivity contribution in [1.82, 2.24) is 5.32 Å². The van der Waals surface area contributed by atoms with Crippen molar-refractivity contribution in [2.45, 2.75) is 69.3 Å². The van der Waals surface area contributed by atoms with E-state index in [9.17, 15) is 18.0 Å². The molecule has 158 valence electrons. The van der Waals surface area contributed by atoms with Crippen molar-refractivity contribution in [1.29, 1.82) is 0 Å². The number of allylic oxidation sites excluding steroid dienone is 2. The molecule has 4 nitrogen and oxygen atoms in total. The maximum absolute atomic E-state index is 14.2. The van der Waals surface area contributed by atoms with E-state index >= 15 is 0 Å². The molecule has 2 atom stereocenters. The van der Waals surface area contributed by atoms with Gasteiger partial charge in [0.25, 0.3) is 0 Å². The van der Waals surface area contributed by atoms with Gasteiger partial charge in [-0.1, -0.05) is 25.7 Å². The number of rotatable bonds is 6. The third-order valence-electron chi connectivity index (χ3n) is 6.35. The van der Waals surface area contributed by atoms with Gasteiger partial charge in [0.15, 0.2) is 5.72 Å². The van der Waals surface area contributed by atoms with Crippen LogP contribution < -0.4 is 11.1 Å². The van der Waals surface area contributed by atoms with Gasteiger partial charge in [0, 0.05) is 18.1 Å². The van der Waals surface area contributed by atoms with E-state index in [2.05, 4.69) is 5.32 Å². The first kappa shape index (κ1) is 21.7. The van der Waals surface area contributed by atoms with E-state index in [4.69, 9.17) is 10.5 Å². The zero-order valence-corrected chi connectivity index (χ0v) is 17.2. The number of nitrogens with two attached hydrogens (primary N) is 1. The molecule has 3 aliphatic carbocycles. The van der Waals surface area contributed by atoms with E-state index in [1.165, 1.54) is 7.11 Å². The average Bonchev–Trinajstić information content (AvgIpc) is 2.63. The predicted molar refractivity (Wildman–Crippen MR) is 104 cm³/mol. The molecule has 0 aliphatic heterocycles. The van der Waals surface area contributed by atoms with Crippen molar-refractivity contribution in [2.24, 2.45) is 17.6 Å². The number of carbonyl (C=O) groups excluding carboxylic acids is 1. The van der Waals surface area contributed by atoms with Crippen molar-refractivity contribution < 1.29 is 22.7 Å². The lowest BCUT2D eigenvalue weighted by Gasteiger charge is -2.50. The molecule has 3 N–H and O–H groups in total. The zero-order chi connectivity index (χ0) is 20.5. The minimum absolute atomic E-state index is 0.0241. The number of carbonyl (C=O) groups is 1. The summed E-state index contributed by atoms with van der Waals surface area (Å²) in [5.74, 6) is -1.92. The Bertz CT molecular complexity index is 667. The standard InChI is InChI=1S/C20H29F3N2O2S/c1-27-19(25-13-9-6-10-13)16(12-7-4-3-5-8-12)14(20(21,22)23)11-15(28-2)17(19)18(24)26/h11-13,17,25H,3-10H2,1-2H3,(H2,24,26). The average molecular weight is 419 g/mol. The summed E-state index contributed by atoms with van der Waals surface area (Å²) in [6.45, 7) is 0. The third-order valence-corrected chi connectivity index (χ3v) is 7.18. The quantitative estimate of drug-likeness (QED) is 0.632. The van der Waals surface area contributed by atoms with Gasteiger partial charge in [-0.05, 0) is 49.5 Å². The molecule has 0 bridgehead atoms.